The molecule has 0 saturated carbocycles. The Balaban J connectivity index is 0.926. The molecule has 8 rings (SSSR count). The van der Waals surface area contributed by atoms with Crippen LogP contribution < -0.4 is 26.2 Å². The fraction of sp³-hybridized carbons (Fsp3) is 0.308. The highest BCUT2D eigenvalue weighted by molar-refractivity contribution is 7.20. The van der Waals surface area contributed by atoms with Gasteiger partial charge in [-0.1, -0.05) is 24.3 Å². The lowest BCUT2D eigenvalue weighted by atomic mass is 9.88. The number of piperidine rings is 1. The molecule has 3 aromatic carbocycles. The average Bonchev–Trinajstić information content (AvgIpc) is 3.86. The Bertz CT molecular complexity index is 2380. The maximum Gasteiger partial charge on any atom is 0.298 e. The smallest absolute Gasteiger partial charge is 0.298 e. The van der Waals surface area contributed by atoms with Crippen molar-refractivity contribution in [3.8, 4) is 11.4 Å². The van der Waals surface area contributed by atoms with E-state index < -0.39 is 22.8 Å². The number of nitrogens with one attached hydrogen (secondary N) is 1. The standard InChI is InChI=1S/C39H39F2N9O4S/c40-25-7-9-29(30(41)19-25)39(53,22-48-24-43-23-44-48)13-4-14-47-15-11-26(12-16-47)45-36(51)34-21-32-37(55-34)46-35(42)38(52)50(32)28-8-10-33-31(20-28)49(17-18-54-33)27-5-2-1-3-6-27/h1-3,5-10,19-21,23-24,26,53H,4,11-18,22H2,(H2,42,46)(H,45,51). The van der Waals surface area contributed by atoms with Crippen molar-refractivity contribution in [2.45, 2.75) is 43.9 Å². The molecule has 0 bridgehead atoms. The SMILES string of the molecule is Nc1nc2sc(C(=O)NC3CCN(CCCC(O)(Cn4cncn4)c4ccc(F)cc4F)CC3)cc2n(-c2ccc3c(c2)N(c2ccccc2)CCO3)c1=O. The Kier molecular flexibility index (Phi) is 10.0. The molecule has 6 aromatic rings. The number of nitrogens with two attached hydrogens (primary N) is 1. The van der Waals surface area contributed by atoms with Gasteiger partial charge in [-0.2, -0.15) is 5.10 Å². The van der Waals surface area contributed by atoms with Gasteiger partial charge in [0.05, 0.1) is 34.9 Å². The van der Waals surface area contributed by atoms with E-state index >= 15 is 0 Å². The number of nitrogen functional groups attached to an aromatic ring is 1. The van der Waals surface area contributed by atoms with Crippen molar-refractivity contribution in [1.82, 2.24) is 34.5 Å². The Hall–Kier alpha value is -5.71. The summed E-state index contributed by atoms with van der Waals surface area (Å²) in [4.78, 5) is 40.6. The fourth-order valence-corrected chi connectivity index (χ4v) is 8.41. The summed E-state index contributed by atoms with van der Waals surface area (Å²) in [5, 5.41) is 18.8. The van der Waals surface area contributed by atoms with Crippen LogP contribution in [0.15, 0.2) is 90.2 Å². The molecule has 0 aliphatic carbocycles. The summed E-state index contributed by atoms with van der Waals surface area (Å²) in [6.45, 7) is 3.19. The second-order valence-electron chi connectivity index (χ2n) is 13.9. The highest BCUT2D eigenvalue weighted by atomic mass is 32.1. The molecular weight excluding hydrogens is 729 g/mol. The molecule has 3 aromatic heterocycles. The van der Waals surface area contributed by atoms with Crippen LogP contribution in [0, 0.1) is 11.6 Å². The van der Waals surface area contributed by atoms with Gasteiger partial charge in [0, 0.05) is 36.4 Å². The minimum Gasteiger partial charge on any atom is -0.490 e. The van der Waals surface area contributed by atoms with Crippen molar-refractivity contribution >= 4 is 44.8 Å². The molecule has 284 valence electrons. The van der Waals surface area contributed by atoms with Crippen molar-refractivity contribution < 1.29 is 23.4 Å². The Morgan fingerprint density at radius 2 is 1.85 bits per heavy atom. The minimum atomic E-state index is -1.62. The monoisotopic (exact) mass is 767 g/mol. The van der Waals surface area contributed by atoms with Crippen LogP contribution in [0.1, 0.15) is 40.9 Å². The van der Waals surface area contributed by atoms with E-state index in [0.717, 1.165) is 23.5 Å². The first-order chi connectivity index (χ1) is 26.6. The molecule has 13 nitrogen and oxygen atoms in total. The van der Waals surface area contributed by atoms with Gasteiger partial charge in [0.15, 0.2) is 5.82 Å². The van der Waals surface area contributed by atoms with Crippen LogP contribution in [-0.2, 0) is 12.1 Å². The number of anilines is 3. The van der Waals surface area contributed by atoms with Crippen molar-refractivity contribution in [3.63, 3.8) is 0 Å². The summed E-state index contributed by atoms with van der Waals surface area (Å²) < 4.78 is 37.4. The highest BCUT2D eigenvalue weighted by Crippen LogP contribution is 2.39. The van der Waals surface area contributed by atoms with Crippen LogP contribution in [-0.4, -0.2) is 79.1 Å². The van der Waals surface area contributed by atoms with Crippen molar-refractivity contribution in [2.75, 3.05) is 43.4 Å². The molecular formula is C39H39F2N9O4S. The number of benzene rings is 3. The zero-order valence-electron chi connectivity index (χ0n) is 29.8. The van der Waals surface area contributed by atoms with E-state index in [0.29, 0.717) is 78.7 Å². The number of para-hydroxylation sites is 1. The lowest BCUT2D eigenvalue weighted by molar-refractivity contribution is -0.00170. The first-order valence-electron chi connectivity index (χ1n) is 18.1. The van der Waals surface area contributed by atoms with E-state index in [2.05, 4.69) is 30.2 Å². The number of likely N-dealkylation sites (tertiary alicyclic amines) is 1. The summed E-state index contributed by atoms with van der Waals surface area (Å²) in [5.41, 5.74) is 6.91. The van der Waals surface area contributed by atoms with E-state index in [1.165, 1.54) is 39.3 Å². The predicted molar refractivity (Wildman–Crippen MR) is 205 cm³/mol. The third kappa shape index (κ3) is 7.52. The topological polar surface area (TPSA) is 157 Å². The van der Waals surface area contributed by atoms with Crippen LogP contribution >= 0.6 is 11.3 Å². The number of amides is 1. The van der Waals surface area contributed by atoms with Gasteiger partial charge in [-0.3, -0.25) is 14.2 Å². The van der Waals surface area contributed by atoms with E-state index in [9.17, 15) is 23.5 Å². The van der Waals surface area contributed by atoms with Crippen molar-refractivity contribution in [3.05, 3.63) is 118 Å². The highest BCUT2D eigenvalue weighted by Gasteiger charge is 2.34. The number of aromatic nitrogens is 5. The fourth-order valence-electron chi connectivity index (χ4n) is 7.48. The molecule has 4 N–H and O–H groups in total. The lowest BCUT2D eigenvalue weighted by Crippen LogP contribution is -2.45. The Morgan fingerprint density at radius 3 is 2.62 bits per heavy atom. The number of thiophene rings is 1. The van der Waals surface area contributed by atoms with Gasteiger partial charge in [-0.15, -0.1) is 11.3 Å². The number of rotatable bonds is 11. The summed E-state index contributed by atoms with van der Waals surface area (Å²) in [6, 6.07) is 20.3. The molecule has 0 radical (unpaired) electrons. The number of hydrogen-bond donors (Lipinski definition) is 3. The third-order valence-corrected chi connectivity index (χ3v) is 11.3. The summed E-state index contributed by atoms with van der Waals surface area (Å²) in [5.74, 6) is -1.25. The third-order valence-electron chi connectivity index (χ3n) is 10.2. The maximum atomic E-state index is 14.8. The Labute approximate surface area is 318 Å². The van der Waals surface area contributed by atoms with Gasteiger partial charge in [0.25, 0.3) is 11.5 Å². The van der Waals surface area contributed by atoms with E-state index in [-0.39, 0.29) is 36.3 Å². The normalized spacial score (nSPS) is 16.1. The molecule has 55 heavy (non-hydrogen) atoms. The lowest BCUT2D eigenvalue weighted by Gasteiger charge is -2.34. The molecule has 0 spiro atoms. The van der Waals surface area contributed by atoms with Crippen LogP contribution in [0.2, 0.25) is 0 Å². The van der Waals surface area contributed by atoms with E-state index in [4.69, 9.17) is 10.5 Å². The minimum absolute atomic E-state index is 0.00827. The molecule has 1 atom stereocenters. The molecule has 5 heterocycles. The first kappa shape index (κ1) is 36.3. The van der Waals surface area contributed by atoms with Crippen molar-refractivity contribution in [1.29, 1.82) is 0 Å². The second kappa shape index (κ2) is 15.2. The molecule has 1 fully saturated rings. The number of fused-ring (bicyclic) bond motifs is 2. The zero-order valence-corrected chi connectivity index (χ0v) is 30.6. The molecule has 1 unspecified atom stereocenters. The van der Waals surface area contributed by atoms with Crippen LogP contribution in [0.5, 0.6) is 5.75 Å². The number of carbonyl (C=O) groups excluding carboxylic acids is 1. The van der Waals surface area contributed by atoms with Crippen LogP contribution in [0.3, 0.4) is 0 Å². The Morgan fingerprint density at radius 1 is 1.04 bits per heavy atom. The quantitative estimate of drug-likeness (QED) is 0.164. The average molecular weight is 768 g/mol. The maximum absolute atomic E-state index is 14.8. The van der Waals surface area contributed by atoms with Crippen LogP contribution in [0.4, 0.5) is 26.0 Å². The number of aliphatic hydroxyl groups is 1. The largest absolute Gasteiger partial charge is 0.490 e. The summed E-state index contributed by atoms with van der Waals surface area (Å²) in [6.07, 6.45) is 4.95. The number of ether oxygens (including phenoxy) is 1. The number of carbonyl (C=O) groups is 1. The van der Waals surface area contributed by atoms with Gasteiger partial charge in [-0.05, 0) is 74.7 Å². The molecule has 1 saturated heterocycles. The number of hydrogen-bond acceptors (Lipinski definition) is 11. The molecule has 2 aliphatic rings. The van der Waals surface area contributed by atoms with Gasteiger partial charge < -0.3 is 30.7 Å². The predicted octanol–water partition coefficient (Wildman–Crippen LogP) is 4.99. The molecule has 16 heteroatoms. The van der Waals surface area contributed by atoms with E-state index in [1.54, 1.807) is 12.1 Å². The summed E-state index contributed by atoms with van der Waals surface area (Å²) in [7, 11) is 0. The van der Waals surface area contributed by atoms with Crippen LogP contribution in [0.25, 0.3) is 16.0 Å². The van der Waals surface area contributed by atoms with E-state index in [1.807, 2.05) is 42.5 Å². The van der Waals surface area contributed by atoms with Crippen molar-refractivity contribution in [2.24, 2.45) is 0 Å². The van der Waals surface area contributed by atoms with Gasteiger partial charge >= 0.3 is 0 Å². The van der Waals surface area contributed by atoms with Gasteiger partial charge in [-0.25, -0.2) is 23.4 Å². The number of halogens is 2. The van der Waals surface area contributed by atoms with Gasteiger partial charge in [0.1, 0.15) is 47.1 Å². The molecule has 2 aliphatic heterocycles. The zero-order chi connectivity index (χ0) is 38.1. The molecule has 1 amide bonds. The summed E-state index contributed by atoms with van der Waals surface area (Å²) >= 11 is 1.18. The van der Waals surface area contributed by atoms with Gasteiger partial charge in [0.2, 0.25) is 0 Å². The second-order valence-corrected chi connectivity index (χ2v) is 14.9. The number of nitrogens with zero attached hydrogens (tertiary/aromatic N) is 7. The first-order valence-corrected chi connectivity index (χ1v) is 18.9.